The molecule has 0 aliphatic carbocycles. The molecule has 1 amide bonds. The number of carboxylic acids is 1. The summed E-state index contributed by atoms with van der Waals surface area (Å²) in [6.45, 7) is 0. The van der Waals surface area contributed by atoms with Crippen LogP contribution in [0.3, 0.4) is 0 Å². The zero-order valence-corrected chi connectivity index (χ0v) is 13.9. The molecule has 1 atom stereocenters. The van der Waals surface area contributed by atoms with Crippen LogP contribution in [0, 0.1) is 0 Å². The highest BCUT2D eigenvalue weighted by molar-refractivity contribution is 7.85. The van der Waals surface area contributed by atoms with E-state index in [0.29, 0.717) is 30.0 Å². The van der Waals surface area contributed by atoms with E-state index in [0.717, 1.165) is 0 Å². The number of anilines is 1. The van der Waals surface area contributed by atoms with E-state index in [1.807, 2.05) is 18.2 Å². The number of amides is 1. The van der Waals surface area contributed by atoms with E-state index < -0.39 is 22.8 Å². The fraction of sp³-hybridized carbons (Fsp3) is 0.438. The standard InChI is InChI=1S/C16H19N3O4S/c20-15(17-11-6-8-24(23)9-7-11)14-10-13(16(21)22)18-19(14)12-4-2-1-3-5-12/h1-5,11,14H,6-10H2,(H,17,20)(H,21,22). The van der Waals surface area contributed by atoms with E-state index in [1.165, 1.54) is 5.01 Å². The van der Waals surface area contributed by atoms with Crippen LogP contribution in [-0.4, -0.2) is 50.5 Å². The molecule has 2 heterocycles. The van der Waals surface area contributed by atoms with Crippen molar-refractivity contribution in [3.63, 3.8) is 0 Å². The fourth-order valence-corrected chi connectivity index (χ4v) is 4.20. The quantitative estimate of drug-likeness (QED) is 0.835. The smallest absolute Gasteiger partial charge is 0.352 e. The summed E-state index contributed by atoms with van der Waals surface area (Å²) >= 11 is 0. The molecule has 0 saturated carbocycles. The average molecular weight is 349 g/mol. The van der Waals surface area contributed by atoms with Crippen LogP contribution in [0.5, 0.6) is 0 Å². The van der Waals surface area contributed by atoms with E-state index >= 15 is 0 Å². The van der Waals surface area contributed by atoms with Gasteiger partial charge in [0.2, 0.25) is 5.91 Å². The molecule has 1 saturated heterocycles. The predicted molar refractivity (Wildman–Crippen MR) is 91.4 cm³/mol. The second-order valence-electron chi connectivity index (χ2n) is 5.88. The minimum Gasteiger partial charge on any atom is -0.477 e. The molecule has 2 aliphatic rings. The lowest BCUT2D eigenvalue weighted by Gasteiger charge is -2.27. The molecule has 0 radical (unpaired) electrons. The second kappa shape index (κ2) is 7.12. The van der Waals surface area contributed by atoms with E-state index in [9.17, 15) is 18.9 Å². The van der Waals surface area contributed by atoms with Gasteiger partial charge in [-0.25, -0.2) is 4.79 Å². The van der Waals surface area contributed by atoms with E-state index in [-0.39, 0.29) is 24.1 Å². The van der Waals surface area contributed by atoms with Crippen LogP contribution in [0.4, 0.5) is 5.69 Å². The fourth-order valence-electron chi connectivity index (χ4n) is 2.90. The number of carbonyl (C=O) groups is 2. The average Bonchev–Trinajstić information content (AvgIpc) is 3.03. The van der Waals surface area contributed by atoms with Gasteiger partial charge < -0.3 is 10.4 Å². The highest BCUT2D eigenvalue weighted by Gasteiger charge is 2.37. The third kappa shape index (κ3) is 3.64. The molecule has 7 nitrogen and oxygen atoms in total. The molecule has 1 aromatic rings. The Hall–Kier alpha value is -2.22. The predicted octanol–water partition coefficient (Wildman–Crippen LogP) is 0.733. The lowest BCUT2D eigenvalue weighted by Crippen LogP contribution is -2.48. The number of carboxylic acid groups (broad SMARTS) is 1. The topological polar surface area (TPSA) is 99.1 Å². The van der Waals surface area contributed by atoms with Crippen LogP contribution in [0.2, 0.25) is 0 Å². The number of para-hydroxylation sites is 1. The SMILES string of the molecule is O=C(O)C1=NN(c2ccccc2)C(C(=O)NC2CCS(=O)CC2)C1. The summed E-state index contributed by atoms with van der Waals surface area (Å²) in [4.78, 5) is 23.9. The van der Waals surface area contributed by atoms with Crippen LogP contribution >= 0.6 is 0 Å². The minimum atomic E-state index is -1.11. The van der Waals surface area contributed by atoms with E-state index in [1.54, 1.807) is 12.1 Å². The maximum Gasteiger partial charge on any atom is 0.352 e. The highest BCUT2D eigenvalue weighted by Crippen LogP contribution is 2.25. The minimum absolute atomic E-state index is 0.0123. The second-order valence-corrected chi connectivity index (χ2v) is 7.58. The molecule has 3 rings (SSSR count). The molecule has 128 valence electrons. The number of nitrogens with zero attached hydrogens (tertiary/aromatic N) is 2. The molecule has 8 heteroatoms. The summed E-state index contributed by atoms with van der Waals surface area (Å²) < 4.78 is 11.4. The molecule has 24 heavy (non-hydrogen) atoms. The van der Waals surface area contributed by atoms with Gasteiger partial charge in [-0.05, 0) is 25.0 Å². The number of rotatable bonds is 4. The zero-order valence-electron chi connectivity index (χ0n) is 13.1. The van der Waals surface area contributed by atoms with Crippen molar-refractivity contribution in [3.8, 4) is 0 Å². The van der Waals surface area contributed by atoms with Crippen molar-refractivity contribution in [3.05, 3.63) is 30.3 Å². The lowest BCUT2D eigenvalue weighted by molar-refractivity contribution is -0.129. The van der Waals surface area contributed by atoms with Crippen LogP contribution < -0.4 is 10.3 Å². The van der Waals surface area contributed by atoms with Crippen LogP contribution in [0.15, 0.2) is 35.4 Å². The van der Waals surface area contributed by atoms with Crippen molar-refractivity contribution in [2.24, 2.45) is 5.10 Å². The highest BCUT2D eigenvalue weighted by atomic mass is 32.2. The summed E-state index contributed by atoms with van der Waals surface area (Å²) in [5.74, 6) is -0.167. The van der Waals surface area contributed by atoms with Gasteiger partial charge in [-0.2, -0.15) is 5.10 Å². The Morgan fingerprint density at radius 2 is 1.88 bits per heavy atom. The van der Waals surface area contributed by atoms with Gasteiger partial charge in [0.15, 0.2) is 0 Å². The van der Waals surface area contributed by atoms with Gasteiger partial charge in [0.25, 0.3) is 0 Å². The van der Waals surface area contributed by atoms with Gasteiger partial charge >= 0.3 is 5.97 Å². The first-order chi connectivity index (χ1) is 11.5. The Bertz CT molecular complexity index is 682. The Morgan fingerprint density at radius 1 is 1.21 bits per heavy atom. The first-order valence-corrected chi connectivity index (χ1v) is 9.34. The Morgan fingerprint density at radius 3 is 2.50 bits per heavy atom. The summed E-state index contributed by atoms with van der Waals surface area (Å²) in [5.41, 5.74) is 0.655. The Kier molecular flexibility index (Phi) is 4.94. The Labute approximate surface area is 142 Å². The first-order valence-electron chi connectivity index (χ1n) is 7.85. The van der Waals surface area contributed by atoms with Gasteiger partial charge in [0.1, 0.15) is 11.8 Å². The summed E-state index contributed by atoms with van der Waals surface area (Å²) in [6, 6.07) is 8.37. The number of nitrogens with one attached hydrogen (secondary N) is 1. The maximum atomic E-state index is 12.7. The molecule has 0 spiro atoms. The van der Waals surface area contributed by atoms with Crippen LogP contribution in [0.1, 0.15) is 19.3 Å². The monoisotopic (exact) mass is 349 g/mol. The zero-order chi connectivity index (χ0) is 17.1. The number of carbonyl (C=O) groups excluding carboxylic acids is 1. The van der Waals surface area contributed by atoms with Crippen LogP contribution in [-0.2, 0) is 20.4 Å². The van der Waals surface area contributed by atoms with Crippen LogP contribution in [0.25, 0.3) is 0 Å². The maximum absolute atomic E-state index is 12.7. The molecule has 1 unspecified atom stereocenters. The number of hydrazone groups is 1. The van der Waals surface area contributed by atoms with Crippen molar-refractivity contribution in [1.29, 1.82) is 0 Å². The third-order valence-corrected chi connectivity index (χ3v) is 5.60. The number of benzene rings is 1. The molecule has 2 N–H and O–H groups in total. The molecule has 1 fully saturated rings. The largest absolute Gasteiger partial charge is 0.477 e. The normalized spacial score (nSPS) is 26.8. The van der Waals surface area contributed by atoms with Crippen molar-refractivity contribution >= 4 is 34.1 Å². The molecular formula is C16H19N3O4S. The first kappa shape index (κ1) is 16.6. The van der Waals surface area contributed by atoms with Gasteiger partial charge in [0, 0.05) is 34.8 Å². The van der Waals surface area contributed by atoms with Gasteiger partial charge in [-0.3, -0.25) is 14.0 Å². The van der Waals surface area contributed by atoms with Crippen molar-refractivity contribution in [1.82, 2.24) is 5.32 Å². The molecule has 1 aromatic carbocycles. The van der Waals surface area contributed by atoms with E-state index in [4.69, 9.17) is 0 Å². The van der Waals surface area contributed by atoms with Gasteiger partial charge in [-0.1, -0.05) is 18.2 Å². The molecule has 0 aromatic heterocycles. The summed E-state index contributed by atoms with van der Waals surface area (Å²) in [6.07, 6.45) is 1.43. The van der Waals surface area contributed by atoms with Gasteiger partial charge in [0.05, 0.1) is 5.69 Å². The molecule has 0 bridgehead atoms. The summed E-state index contributed by atoms with van der Waals surface area (Å²) in [5, 5.41) is 17.7. The number of aliphatic carboxylic acids is 1. The van der Waals surface area contributed by atoms with Crippen molar-refractivity contribution in [2.45, 2.75) is 31.3 Å². The van der Waals surface area contributed by atoms with Crippen molar-refractivity contribution in [2.75, 3.05) is 16.5 Å². The van der Waals surface area contributed by atoms with Gasteiger partial charge in [-0.15, -0.1) is 0 Å². The van der Waals surface area contributed by atoms with E-state index in [2.05, 4.69) is 10.4 Å². The summed E-state index contributed by atoms with van der Waals surface area (Å²) in [7, 11) is -0.788. The lowest BCUT2D eigenvalue weighted by atomic mass is 10.1. The molecule has 2 aliphatic heterocycles. The number of hydrogen-bond acceptors (Lipinski definition) is 5. The number of hydrogen-bond donors (Lipinski definition) is 2. The van der Waals surface area contributed by atoms with Crippen molar-refractivity contribution < 1.29 is 18.9 Å². The Balaban J connectivity index is 1.74. The third-order valence-electron chi connectivity index (χ3n) is 4.21. The molecular weight excluding hydrogens is 330 g/mol.